The number of aromatic nitrogens is 3. The zero-order valence-electron chi connectivity index (χ0n) is 23.2. The van der Waals surface area contributed by atoms with Crippen molar-refractivity contribution < 1.29 is 23.5 Å². The molecule has 8 nitrogen and oxygen atoms in total. The Kier molecular flexibility index (Phi) is 7.70. The van der Waals surface area contributed by atoms with E-state index in [0.29, 0.717) is 47.6 Å². The molecule has 0 fully saturated rings. The first-order valence-electron chi connectivity index (χ1n) is 14.0. The summed E-state index contributed by atoms with van der Waals surface area (Å²) in [6.45, 7) is 2.07. The lowest BCUT2D eigenvalue weighted by Gasteiger charge is -2.34. The SMILES string of the molecule is C[C@@H]1CCC[C@H](N2CCC(c3c(F)ccc(Cl)c3F)=CC2=O)c2cc(ccn2)-c2nn(-c3cccc(O)c3)cc2NC1=O. The van der Waals surface area contributed by atoms with Crippen LogP contribution in [0.25, 0.3) is 22.5 Å². The highest BCUT2D eigenvalue weighted by molar-refractivity contribution is 6.31. The second-order valence-electron chi connectivity index (χ2n) is 10.8. The molecule has 2 aromatic carbocycles. The summed E-state index contributed by atoms with van der Waals surface area (Å²) in [5, 5.41) is 17.5. The smallest absolute Gasteiger partial charge is 0.247 e. The number of carbonyl (C=O) groups is 2. The van der Waals surface area contributed by atoms with Gasteiger partial charge in [0.05, 0.1) is 39.9 Å². The highest BCUT2D eigenvalue weighted by atomic mass is 35.5. The van der Waals surface area contributed by atoms with Crippen molar-refractivity contribution in [2.45, 2.75) is 38.6 Å². The van der Waals surface area contributed by atoms with E-state index in [4.69, 9.17) is 16.7 Å². The van der Waals surface area contributed by atoms with E-state index in [1.165, 1.54) is 6.08 Å². The molecule has 0 spiro atoms. The summed E-state index contributed by atoms with van der Waals surface area (Å²) in [5.41, 5.74) is 2.91. The molecule has 2 amide bonds. The first kappa shape index (κ1) is 28.5. The maximum Gasteiger partial charge on any atom is 0.247 e. The van der Waals surface area contributed by atoms with Crippen LogP contribution in [0.5, 0.6) is 5.75 Å². The molecule has 0 unspecified atom stereocenters. The van der Waals surface area contributed by atoms with Crippen LogP contribution < -0.4 is 5.32 Å². The second kappa shape index (κ2) is 11.6. The second-order valence-corrected chi connectivity index (χ2v) is 11.2. The highest BCUT2D eigenvalue weighted by Crippen LogP contribution is 2.37. The van der Waals surface area contributed by atoms with Gasteiger partial charge < -0.3 is 15.3 Å². The number of halogens is 3. The number of aromatic hydroxyl groups is 1. The van der Waals surface area contributed by atoms with Crippen molar-refractivity contribution >= 4 is 34.7 Å². The molecule has 43 heavy (non-hydrogen) atoms. The third-order valence-corrected chi connectivity index (χ3v) is 8.26. The molecule has 2 aromatic heterocycles. The highest BCUT2D eigenvalue weighted by Gasteiger charge is 2.31. The van der Waals surface area contributed by atoms with Crippen LogP contribution in [0.4, 0.5) is 14.5 Å². The molecule has 2 bridgehead atoms. The number of nitrogens with one attached hydrogen (secondary N) is 1. The van der Waals surface area contributed by atoms with E-state index < -0.39 is 17.7 Å². The Morgan fingerprint density at radius 1 is 1.09 bits per heavy atom. The average Bonchev–Trinajstić information content (AvgIpc) is 3.41. The topological polar surface area (TPSA) is 100 Å². The summed E-state index contributed by atoms with van der Waals surface area (Å²) >= 11 is 5.90. The lowest BCUT2D eigenvalue weighted by atomic mass is 9.93. The Hall–Kier alpha value is -4.57. The number of phenols is 1. The predicted molar refractivity (Wildman–Crippen MR) is 159 cm³/mol. The normalized spacial score (nSPS) is 19.2. The number of fused-ring (bicyclic) bond motifs is 4. The molecule has 0 radical (unpaired) electrons. The molecule has 2 aliphatic heterocycles. The fourth-order valence-electron chi connectivity index (χ4n) is 5.68. The monoisotopic (exact) mass is 603 g/mol. The van der Waals surface area contributed by atoms with E-state index in [9.17, 15) is 23.5 Å². The maximum atomic E-state index is 14.7. The van der Waals surface area contributed by atoms with E-state index >= 15 is 0 Å². The lowest BCUT2D eigenvalue weighted by Crippen LogP contribution is -2.38. The Labute approximate surface area is 251 Å². The fraction of sp³-hybridized carbons (Fsp3) is 0.250. The maximum absolute atomic E-state index is 14.7. The Bertz CT molecular complexity index is 1770. The number of hydrogen-bond acceptors (Lipinski definition) is 5. The van der Waals surface area contributed by atoms with Crippen molar-refractivity contribution in [3.05, 3.63) is 94.9 Å². The van der Waals surface area contributed by atoms with Crippen LogP contribution in [0.2, 0.25) is 5.02 Å². The van der Waals surface area contributed by atoms with Crippen molar-refractivity contribution in [3.8, 4) is 22.7 Å². The number of benzene rings is 2. The molecule has 2 aliphatic rings. The number of phenolic OH excluding ortho intramolecular Hbond substituents is 1. The molecule has 0 saturated carbocycles. The van der Waals surface area contributed by atoms with Gasteiger partial charge in [0.1, 0.15) is 17.3 Å². The number of pyridine rings is 1. The van der Waals surface area contributed by atoms with Gasteiger partial charge in [-0.3, -0.25) is 14.6 Å². The lowest BCUT2D eigenvalue weighted by molar-refractivity contribution is -0.129. The van der Waals surface area contributed by atoms with E-state index in [1.807, 2.05) is 13.0 Å². The van der Waals surface area contributed by atoms with Crippen molar-refractivity contribution in [1.82, 2.24) is 19.7 Å². The molecule has 11 heteroatoms. The van der Waals surface area contributed by atoms with E-state index in [1.54, 1.807) is 52.3 Å². The Morgan fingerprint density at radius 3 is 2.72 bits per heavy atom. The summed E-state index contributed by atoms with van der Waals surface area (Å²) in [6.07, 6.45) is 6.58. The van der Waals surface area contributed by atoms with Gasteiger partial charge in [-0.2, -0.15) is 5.10 Å². The van der Waals surface area contributed by atoms with Crippen molar-refractivity contribution in [3.63, 3.8) is 0 Å². The molecule has 2 N–H and O–H groups in total. The zero-order chi connectivity index (χ0) is 30.2. The molecule has 4 heterocycles. The Morgan fingerprint density at radius 2 is 1.93 bits per heavy atom. The molecule has 2 atom stereocenters. The average molecular weight is 604 g/mol. The van der Waals surface area contributed by atoms with Crippen molar-refractivity contribution in [1.29, 1.82) is 0 Å². The minimum atomic E-state index is -0.886. The number of anilines is 1. The minimum Gasteiger partial charge on any atom is -0.508 e. The van der Waals surface area contributed by atoms with Gasteiger partial charge in [-0.05, 0) is 61.2 Å². The number of rotatable bonds is 3. The van der Waals surface area contributed by atoms with Crippen LogP contribution in [0, 0.1) is 17.6 Å². The number of nitrogens with zero attached hydrogens (tertiary/aromatic N) is 4. The van der Waals surface area contributed by atoms with Crippen LogP contribution in [-0.2, 0) is 9.59 Å². The van der Waals surface area contributed by atoms with E-state index in [0.717, 1.165) is 12.1 Å². The summed E-state index contributed by atoms with van der Waals surface area (Å²) < 4.78 is 30.9. The third kappa shape index (κ3) is 5.62. The number of amides is 2. The van der Waals surface area contributed by atoms with Crippen LogP contribution in [0.15, 0.2) is 67.0 Å². The summed E-state index contributed by atoms with van der Waals surface area (Å²) in [6, 6.07) is 12.1. The Balaban J connectivity index is 1.39. The molecular weight excluding hydrogens is 576 g/mol. The summed E-state index contributed by atoms with van der Waals surface area (Å²) in [7, 11) is 0. The molecule has 4 aromatic rings. The largest absolute Gasteiger partial charge is 0.508 e. The standard InChI is InChI=1S/C32H28ClF2N5O3/c1-18-4-2-7-27(39-13-11-19(15-28(39)42)29-24(34)9-8-23(33)30(29)35)25-14-20(10-12-36-25)31-26(37-32(18)43)17-40(38-31)21-5-3-6-22(41)16-21/h3,5-6,8-10,12,14-18,27,41H,2,4,7,11,13H2,1H3,(H,37,43)/t18-,27+/m1/s1. The minimum absolute atomic E-state index is 0.0814. The predicted octanol–water partition coefficient (Wildman–Crippen LogP) is 6.69. The van der Waals surface area contributed by atoms with Gasteiger partial charge in [-0.15, -0.1) is 0 Å². The first-order valence-corrected chi connectivity index (χ1v) is 14.4. The van der Waals surface area contributed by atoms with E-state index in [-0.39, 0.29) is 52.6 Å². The van der Waals surface area contributed by atoms with Crippen LogP contribution in [-0.4, -0.2) is 43.1 Å². The molecule has 0 saturated heterocycles. The van der Waals surface area contributed by atoms with Crippen molar-refractivity contribution in [2.75, 3.05) is 11.9 Å². The molecule has 0 aliphatic carbocycles. The number of carbonyl (C=O) groups excluding carboxylic acids is 2. The third-order valence-electron chi connectivity index (χ3n) is 7.97. The first-order chi connectivity index (χ1) is 20.7. The number of hydrogen-bond donors (Lipinski definition) is 2. The van der Waals surface area contributed by atoms with Gasteiger partial charge in [0, 0.05) is 36.4 Å². The van der Waals surface area contributed by atoms with Gasteiger partial charge in [0.2, 0.25) is 11.8 Å². The molecule has 220 valence electrons. The zero-order valence-corrected chi connectivity index (χ0v) is 24.0. The van der Waals surface area contributed by atoms with Gasteiger partial charge in [-0.25, -0.2) is 13.5 Å². The molecule has 6 rings (SSSR count). The summed E-state index contributed by atoms with van der Waals surface area (Å²) in [5.74, 6) is -2.44. The van der Waals surface area contributed by atoms with Gasteiger partial charge in [-0.1, -0.05) is 31.0 Å². The summed E-state index contributed by atoms with van der Waals surface area (Å²) in [4.78, 5) is 32.9. The van der Waals surface area contributed by atoms with Crippen LogP contribution in [0.1, 0.15) is 49.9 Å². The fourth-order valence-corrected chi connectivity index (χ4v) is 5.83. The molecular formula is C32H28ClF2N5O3. The van der Waals surface area contributed by atoms with E-state index in [2.05, 4.69) is 10.3 Å². The van der Waals surface area contributed by atoms with Crippen LogP contribution in [0.3, 0.4) is 0 Å². The van der Waals surface area contributed by atoms with Crippen molar-refractivity contribution in [2.24, 2.45) is 5.92 Å². The quantitative estimate of drug-likeness (QED) is 0.254. The van der Waals surface area contributed by atoms with Crippen LogP contribution >= 0.6 is 11.6 Å². The van der Waals surface area contributed by atoms with Gasteiger partial charge in [0.25, 0.3) is 0 Å². The van der Waals surface area contributed by atoms with Gasteiger partial charge >= 0.3 is 0 Å². The van der Waals surface area contributed by atoms with Gasteiger partial charge in [0.15, 0.2) is 5.82 Å².